The van der Waals surface area contributed by atoms with Crippen LogP contribution in [0.1, 0.15) is 30.9 Å². The lowest BCUT2D eigenvalue weighted by Gasteiger charge is -2.09. The minimum atomic E-state index is -0.709. The smallest absolute Gasteiger partial charge is 0.306 e. The van der Waals surface area contributed by atoms with Crippen molar-refractivity contribution in [3.05, 3.63) is 76.3 Å². The van der Waals surface area contributed by atoms with Crippen molar-refractivity contribution in [2.75, 3.05) is 0 Å². The van der Waals surface area contributed by atoms with Crippen LogP contribution in [-0.4, -0.2) is 26.1 Å². The monoisotopic (exact) mass is 406 g/mol. The molecule has 0 fully saturated rings. The number of nitrogens with zero attached hydrogens (tertiary/aromatic N) is 3. The number of ether oxygens (including phenoxy) is 1. The van der Waals surface area contributed by atoms with Gasteiger partial charge in [0.2, 0.25) is 5.89 Å². The minimum Gasteiger partial charge on any atom is -0.453 e. The zero-order valence-corrected chi connectivity index (χ0v) is 16.1. The predicted octanol–water partition coefficient (Wildman–Crippen LogP) is 4.36. The first-order valence-electron chi connectivity index (χ1n) is 9.34. The molecule has 4 rings (SSSR count). The maximum absolute atomic E-state index is 12.3. The summed E-state index contributed by atoms with van der Waals surface area (Å²) in [5, 5.41) is 19.7. The van der Waals surface area contributed by atoms with Gasteiger partial charge in [0.05, 0.1) is 4.92 Å². The maximum Gasteiger partial charge on any atom is 0.306 e. The van der Waals surface area contributed by atoms with Crippen molar-refractivity contribution < 1.29 is 18.9 Å². The molecule has 0 bridgehead atoms. The van der Waals surface area contributed by atoms with E-state index in [9.17, 15) is 14.9 Å². The summed E-state index contributed by atoms with van der Waals surface area (Å²) >= 11 is 0. The molecule has 4 aromatic rings. The van der Waals surface area contributed by atoms with Crippen LogP contribution in [0.15, 0.2) is 59.1 Å². The van der Waals surface area contributed by atoms with Crippen LogP contribution in [0.25, 0.3) is 22.4 Å². The zero-order chi connectivity index (χ0) is 21.1. The van der Waals surface area contributed by atoms with Crippen LogP contribution in [0.5, 0.6) is 0 Å². The number of aryl methyl sites for hydroxylation is 1. The van der Waals surface area contributed by atoms with E-state index in [1.165, 1.54) is 24.3 Å². The number of non-ortho nitro benzene ring substituents is 1. The zero-order valence-electron chi connectivity index (χ0n) is 16.1. The Kier molecular flexibility index (Phi) is 5.25. The number of hydrogen-bond acceptors (Lipinski definition) is 7. The predicted molar refractivity (Wildman–Crippen MR) is 108 cm³/mol. The average Bonchev–Trinajstić information content (AvgIpc) is 3.40. The molecule has 152 valence electrons. The Morgan fingerprint density at radius 2 is 1.97 bits per heavy atom. The van der Waals surface area contributed by atoms with Crippen molar-refractivity contribution in [3.63, 3.8) is 0 Å². The van der Waals surface area contributed by atoms with Gasteiger partial charge in [0.15, 0.2) is 6.10 Å². The molecule has 2 aromatic heterocycles. The molecule has 0 aliphatic carbocycles. The van der Waals surface area contributed by atoms with E-state index < -0.39 is 11.0 Å². The van der Waals surface area contributed by atoms with Gasteiger partial charge >= 0.3 is 5.97 Å². The quantitative estimate of drug-likeness (QED) is 0.275. The van der Waals surface area contributed by atoms with Crippen LogP contribution in [0.3, 0.4) is 0 Å². The van der Waals surface area contributed by atoms with E-state index in [0.29, 0.717) is 12.0 Å². The second-order valence-electron chi connectivity index (χ2n) is 6.74. The number of fused-ring (bicyclic) bond motifs is 1. The molecule has 9 heteroatoms. The summed E-state index contributed by atoms with van der Waals surface area (Å²) in [4.78, 5) is 25.7. The molecule has 0 radical (unpaired) electrons. The first-order valence-corrected chi connectivity index (χ1v) is 9.34. The van der Waals surface area contributed by atoms with Gasteiger partial charge in [0, 0.05) is 41.2 Å². The second kappa shape index (κ2) is 8.16. The van der Waals surface area contributed by atoms with Gasteiger partial charge in [-0.25, -0.2) is 0 Å². The number of aromatic amines is 1. The van der Waals surface area contributed by atoms with Gasteiger partial charge in [-0.2, -0.15) is 0 Å². The largest absolute Gasteiger partial charge is 0.453 e. The summed E-state index contributed by atoms with van der Waals surface area (Å²) in [7, 11) is 0. The molecule has 0 saturated heterocycles. The molecule has 2 heterocycles. The number of rotatable bonds is 7. The first-order chi connectivity index (χ1) is 14.5. The van der Waals surface area contributed by atoms with E-state index in [1.54, 1.807) is 6.92 Å². The maximum atomic E-state index is 12.3. The van der Waals surface area contributed by atoms with Gasteiger partial charge in [-0.3, -0.25) is 14.9 Å². The third kappa shape index (κ3) is 4.04. The number of nitro benzene ring substituents is 1. The lowest BCUT2D eigenvalue weighted by atomic mass is 10.1. The Labute approximate surface area is 170 Å². The number of carbonyl (C=O) groups is 1. The van der Waals surface area contributed by atoms with Gasteiger partial charge in [0.25, 0.3) is 11.6 Å². The number of aromatic nitrogens is 3. The highest BCUT2D eigenvalue weighted by Crippen LogP contribution is 2.25. The van der Waals surface area contributed by atoms with Gasteiger partial charge in [-0.15, -0.1) is 10.2 Å². The van der Waals surface area contributed by atoms with Gasteiger partial charge < -0.3 is 14.1 Å². The molecule has 0 aliphatic heterocycles. The summed E-state index contributed by atoms with van der Waals surface area (Å²) < 4.78 is 11.0. The van der Waals surface area contributed by atoms with Crippen molar-refractivity contribution in [3.8, 4) is 11.5 Å². The summed E-state index contributed by atoms with van der Waals surface area (Å²) in [6.45, 7) is 1.65. The average molecular weight is 406 g/mol. The van der Waals surface area contributed by atoms with Crippen molar-refractivity contribution in [1.29, 1.82) is 0 Å². The fourth-order valence-electron chi connectivity index (χ4n) is 3.12. The Hall–Kier alpha value is -4.01. The summed E-state index contributed by atoms with van der Waals surface area (Å²) in [5.41, 5.74) is 2.58. The van der Waals surface area contributed by atoms with Crippen molar-refractivity contribution in [2.45, 2.75) is 25.9 Å². The minimum absolute atomic E-state index is 0.0315. The lowest BCUT2D eigenvalue weighted by Crippen LogP contribution is -2.10. The number of hydrogen-bond donors (Lipinski definition) is 1. The van der Waals surface area contributed by atoms with E-state index in [2.05, 4.69) is 15.2 Å². The molecular weight excluding hydrogens is 388 g/mol. The number of nitrogens with one attached hydrogen (secondary N) is 1. The van der Waals surface area contributed by atoms with Crippen LogP contribution < -0.4 is 0 Å². The standard InChI is InChI=1S/C21H18N4O5/c1-13(20-23-24-21(30-20)14-6-9-16(10-7-14)25(27)28)29-19(26)11-8-15-12-22-18-5-3-2-4-17(15)18/h2-7,9-10,12-13,22H,8,11H2,1H3/t13-/m1/s1. The van der Waals surface area contributed by atoms with E-state index in [4.69, 9.17) is 9.15 Å². The molecule has 9 nitrogen and oxygen atoms in total. The van der Waals surface area contributed by atoms with Gasteiger partial charge in [-0.1, -0.05) is 18.2 Å². The normalized spacial score (nSPS) is 12.0. The topological polar surface area (TPSA) is 124 Å². The first kappa shape index (κ1) is 19.3. The molecule has 1 N–H and O–H groups in total. The number of carbonyl (C=O) groups excluding carboxylic acids is 1. The van der Waals surface area contributed by atoms with Gasteiger partial charge in [0.1, 0.15) is 0 Å². The van der Waals surface area contributed by atoms with Gasteiger partial charge in [-0.05, 0) is 37.1 Å². The lowest BCUT2D eigenvalue weighted by molar-refractivity contribution is -0.384. The third-order valence-corrected chi connectivity index (χ3v) is 4.70. The SMILES string of the molecule is C[C@@H](OC(=O)CCc1c[nH]c2ccccc12)c1nnc(-c2ccc([N+](=O)[O-])cc2)o1. The molecule has 2 aromatic carbocycles. The summed E-state index contributed by atoms with van der Waals surface area (Å²) in [5.74, 6) is -0.0201. The molecule has 1 atom stereocenters. The van der Waals surface area contributed by atoms with E-state index >= 15 is 0 Å². The molecule has 0 unspecified atom stereocenters. The van der Waals surface area contributed by atoms with Crippen molar-refractivity contribution in [1.82, 2.24) is 15.2 Å². The highest BCUT2D eigenvalue weighted by Gasteiger charge is 2.19. The Balaban J connectivity index is 1.36. The van der Waals surface area contributed by atoms with E-state index in [-0.39, 0.29) is 29.9 Å². The summed E-state index contributed by atoms with van der Waals surface area (Å²) in [6, 6.07) is 13.7. The fourth-order valence-corrected chi connectivity index (χ4v) is 3.12. The molecule has 30 heavy (non-hydrogen) atoms. The molecule has 0 saturated carbocycles. The molecule has 0 amide bonds. The second-order valence-corrected chi connectivity index (χ2v) is 6.74. The van der Waals surface area contributed by atoms with Crippen molar-refractivity contribution >= 4 is 22.6 Å². The van der Waals surface area contributed by atoms with Crippen LogP contribution in [0.2, 0.25) is 0 Å². The number of para-hydroxylation sites is 1. The number of H-pyrrole nitrogens is 1. The number of esters is 1. The molecule has 0 spiro atoms. The number of nitro groups is 1. The molecule has 0 aliphatic rings. The highest BCUT2D eigenvalue weighted by molar-refractivity contribution is 5.83. The Bertz CT molecular complexity index is 1200. The Morgan fingerprint density at radius 3 is 2.73 bits per heavy atom. The van der Waals surface area contributed by atoms with Crippen LogP contribution >= 0.6 is 0 Å². The van der Waals surface area contributed by atoms with E-state index in [0.717, 1.165) is 16.5 Å². The third-order valence-electron chi connectivity index (χ3n) is 4.70. The summed E-state index contributed by atoms with van der Waals surface area (Å²) in [6.07, 6.45) is 1.96. The van der Waals surface area contributed by atoms with Crippen LogP contribution in [0, 0.1) is 10.1 Å². The fraction of sp³-hybridized carbons (Fsp3) is 0.190. The van der Waals surface area contributed by atoms with Crippen molar-refractivity contribution in [2.24, 2.45) is 0 Å². The van der Waals surface area contributed by atoms with E-state index in [1.807, 2.05) is 30.5 Å². The Morgan fingerprint density at radius 1 is 1.20 bits per heavy atom. The van der Waals surface area contributed by atoms with Crippen LogP contribution in [-0.2, 0) is 16.0 Å². The van der Waals surface area contributed by atoms with Crippen LogP contribution in [0.4, 0.5) is 5.69 Å². The highest BCUT2D eigenvalue weighted by atomic mass is 16.6. The number of benzene rings is 2. The molecular formula is C21H18N4O5.